The van der Waals surface area contributed by atoms with Crippen LogP contribution in [-0.4, -0.2) is 30.0 Å². The molecule has 17 heavy (non-hydrogen) atoms. The van der Waals surface area contributed by atoms with Crippen LogP contribution in [0.4, 0.5) is 0 Å². The van der Waals surface area contributed by atoms with Crippen molar-refractivity contribution in [2.75, 3.05) is 5.75 Å². The number of aryl methyl sites for hydroxylation is 2. The molecule has 0 amide bonds. The molecular formula is C10H18ClN3O2S. The van der Waals surface area contributed by atoms with Crippen molar-refractivity contribution in [3.8, 4) is 0 Å². The minimum absolute atomic E-state index is 0.0746. The van der Waals surface area contributed by atoms with E-state index in [0.717, 1.165) is 0 Å². The molecule has 0 aromatic carbocycles. The first kappa shape index (κ1) is 14.5. The lowest BCUT2D eigenvalue weighted by Crippen LogP contribution is -2.21. The van der Waals surface area contributed by atoms with Gasteiger partial charge in [0.25, 0.3) is 0 Å². The lowest BCUT2D eigenvalue weighted by atomic mass is 10.3. The van der Waals surface area contributed by atoms with Gasteiger partial charge in [-0.25, -0.2) is 8.42 Å². The van der Waals surface area contributed by atoms with Crippen LogP contribution in [-0.2, 0) is 22.6 Å². The van der Waals surface area contributed by atoms with Crippen LogP contribution >= 0.6 is 11.6 Å². The lowest BCUT2D eigenvalue weighted by Gasteiger charge is -2.07. The highest BCUT2D eigenvalue weighted by Gasteiger charge is 2.19. The number of rotatable bonds is 5. The highest BCUT2D eigenvalue weighted by Crippen LogP contribution is 2.21. The van der Waals surface area contributed by atoms with Crippen LogP contribution in [0.2, 0.25) is 5.02 Å². The third-order valence-corrected chi connectivity index (χ3v) is 4.57. The van der Waals surface area contributed by atoms with Gasteiger partial charge in [-0.1, -0.05) is 11.6 Å². The summed E-state index contributed by atoms with van der Waals surface area (Å²) < 4.78 is 25.2. The molecule has 0 aliphatic rings. The van der Waals surface area contributed by atoms with Crippen molar-refractivity contribution in [1.82, 2.24) is 9.78 Å². The van der Waals surface area contributed by atoms with Crippen LogP contribution in [0.25, 0.3) is 0 Å². The zero-order valence-electron chi connectivity index (χ0n) is 10.3. The van der Waals surface area contributed by atoms with Gasteiger partial charge in [0.15, 0.2) is 9.84 Å². The smallest absolute Gasteiger partial charge is 0.156 e. The molecule has 0 saturated carbocycles. The first-order chi connectivity index (χ1) is 7.73. The predicted octanol–water partition coefficient (Wildman–Crippen LogP) is 1.03. The zero-order chi connectivity index (χ0) is 13.2. The fraction of sp³-hybridized carbons (Fsp3) is 0.700. The van der Waals surface area contributed by atoms with Crippen LogP contribution in [0.1, 0.15) is 24.7 Å². The van der Waals surface area contributed by atoms with Gasteiger partial charge in [-0.2, -0.15) is 5.10 Å². The van der Waals surface area contributed by atoms with Crippen molar-refractivity contribution in [1.29, 1.82) is 0 Å². The second-order valence-corrected chi connectivity index (χ2v) is 6.89. The lowest BCUT2D eigenvalue weighted by molar-refractivity contribution is 0.583. The molecule has 0 saturated heterocycles. The number of nitrogens with zero attached hydrogens (tertiary/aromatic N) is 2. The Morgan fingerprint density at radius 2 is 2.12 bits per heavy atom. The molecule has 0 bridgehead atoms. The summed E-state index contributed by atoms with van der Waals surface area (Å²) in [5.41, 5.74) is 6.73. The Bertz CT molecular complexity index is 494. The van der Waals surface area contributed by atoms with E-state index < -0.39 is 9.84 Å². The Labute approximate surface area is 107 Å². The molecule has 0 aliphatic carbocycles. The molecule has 0 radical (unpaired) electrons. The third kappa shape index (κ3) is 3.97. The number of sulfone groups is 1. The summed E-state index contributed by atoms with van der Waals surface area (Å²) in [4.78, 5) is 0. The molecule has 5 nitrogen and oxygen atoms in total. The summed E-state index contributed by atoms with van der Waals surface area (Å²) in [5.74, 6) is -0.0128. The van der Waals surface area contributed by atoms with Crippen molar-refractivity contribution in [3.63, 3.8) is 0 Å². The Kier molecular flexibility index (Phi) is 4.57. The molecule has 1 aromatic heterocycles. The van der Waals surface area contributed by atoms with Crippen LogP contribution in [0.15, 0.2) is 0 Å². The summed E-state index contributed by atoms with van der Waals surface area (Å²) in [6.45, 7) is 3.54. The maximum Gasteiger partial charge on any atom is 0.156 e. The average molecular weight is 280 g/mol. The molecule has 0 spiro atoms. The number of halogens is 1. The summed E-state index contributed by atoms with van der Waals surface area (Å²) >= 11 is 6.01. The summed E-state index contributed by atoms with van der Waals surface area (Å²) in [6.07, 6.45) is 0.455. The molecule has 0 aliphatic heterocycles. The maximum atomic E-state index is 11.9. The summed E-state index contributed by atoms with van der Waals surface area (Å²) in [6, 6.07) is -0.117. The second kappa shape index (κ2) is 5.37. The van der Waals surface area contributed by atoms with Gasteiger partial charge in [0.2, 0.25) is 0 Å². The molecule has 1 rings (SSSR count). The highest BCUT2D eigenvalue weighted by molar-refractivity contribution is 7.90. The van der Waals surface area contributed by atoms with Gasteiger partial charge in [-0.3, -0.25) is 4.68 Å². The van der Waals surface area contributed by atoms with Gasteiger partial charge >= 0.3 is 0 Å². The number of hydrogen-bond acceptors (Lipinski definition) is 4. The van der Waals surface area contributed by atoms with E-state index in [1.807, 2.05) is 0 Å². The van der Waals surface area contributed by atoms with E-state index in [1.54, 1.807) is 20.9 Å². The zero-order valence-corrected chi connectivity index (χ0v) is 11.8. The Hall–Kier alpha value is -0.590. The second-order valence-electron chi connectivity index (χ2n) is 4.33. The van der Waals surface area contributed by atoms with E-state index in [4.69, 9.17) is 17.3 Å². The molecule has 1 heterocycles. The van der Waals surface area contributed by atoms with Gasteiger partial charge in [-0.15, -0.1) is 0 Å². The highest BCUT2D eigenvalue weighted by atomic mass is 35.5. The Morgan fingerprint density at radius 3 is 2.53 bits per heavy atom. The topological polar surface area (TPSA) is 78.0 Å². The monoisotopic (exact) mass is 279 g/mol. The summed E-state index contributed by atoms with van der Waals surface area (Å²) in [5, 5.41) is 4.51. The number of nitrogens with two attached hydrogens (primary N) is 1. The number of aromatic nitrogens is 2. The molecule has 98 valence electrons. The molecule has 1 atom stereocenters. The van der Waals surface area contributed by atoms with Crippen molar-refractivity contribution in [3.05, 3.63) is 16.4 Å². The minimum Gasteiger partial charge on any atom is -0.328 e. The summed E-state index contributed by atoms with van der Waals surface area (Å²) in [7, 11) is -1.50. The Morgan fingerprint density at radius 1 is 1.53 bits per heavy atom. The van der Waals surface area contributed by atoms with Gasteiger partial charge in [0.1, 0.15) is 0 Å². The molecule has 0 fully saturated rings. The van der Waals surface area contributed by atoms with Gasteiger partial charge < -0.3 is 5.73 Å². The van der Waals surface area contributed by atoms with E-state index in [2.05, 4.69) is 5.10 Å². The van der Waals surface area contributed by atoms with Crippen molar-refractivity contribution >= 4 is 21.4 Å². The van der Waals surface area contributed by atoms with Crippen molar-refractivity contribution < 1.29 is 8.42 Å². The van der Waals surface area contributed by atoms with Crippen molar-refractivity contribution in [2.24, 2.45) is 12.8 Å². The van der Waals surface area contributed by atoms with Gasteiger partial charge in [0, 0.05) is 13.1 Å². The molecule has 1 unspecified atom stereocenters. The van der Waals surface area contributed by atoms with E-state index in [9.17, 15) is 8.42 Å². The average Bonchev–Trinajstić information content (AvgIpc) is 2.42. The molecule has 7 heteroatoms. The minimum atomic E-state index is -3.19. The Balaban J connectivity index is 2.83. The molecule has 2 N–H and O–H groups in total. The largest absolute Gasteiger partial charge is 0.328 e. The first-order valence-electron chi connectivity index (χ1n) is 5.37. The predicted molar refractivity (Wildman–Crippen MR) is 68.7 cm³/mol. The van der Waals surface area contributed by atoms with Crippen LogP contribution in [0.3, 0.4) is 0 Å². The van der Waals surface area contributed by atoms with Crippen LogP contribution < -0.4 is 5.73 Å². The maximum absolute atomic E-state index is 11.9. The normalized spacial score (nSPS) is 13.9. The van der Waals surface area contributed by atoms with Crippen LogP contribution in [0, 0.1) is 6.92 Å². The van der Waals surface area contributed by atoms with Crippen LogP contribution in [0.5, 0.6) is 0 Å². The van der Waals surface area contributed by atoms with E-state index >= 15 is 0 Å². The van der Waals surface area contributed by atoms with E-state index in [1.165, 1.54) is 4.68 Å². The van der Waals surface area contributed by atoms with E-state index in [0.29, 0.717) is 22.8 Å². The molecular weight excluding hydrogens is 262 g/mol. The fourth-order valence-electron chi connectivity index (χ4n) is 1.48. The third-order valence-electron chi connectivity index (χ3n) is 2.50. The molecule has 1 aromatic rings. The van der Waals surface area contributed by atoms with E-state index in [-0.39, 0.29) is 17.5 Å². The first-order valence-corrected chi connectivity index (χ1v) is 7.57. The van der Waals surface area contributed by atoms with Gasteiger partial charge in [-0.05, 0) is 20.3 Å². The fourth-order valence-corrected chi connectivity index (χ4v) is 3.41. The standard InChI is InChI=1S/C10H18ClN3O2S/c1-7(12)4-5-17(15,16)6-9-10(11)8(2)13-14(9)3/h7H,4-6,12H2,1-3H3. The number of hydrogen-bond donors (Lipinski definition) is 1. The SMILES string of the molecule is Cc1nn(C)c(CS(=O)(=O)CCC(C)N)c1Cl. The van der Waals surface area contributed by atoms with Gasteiger partial charge in [0.05, 0.1) is 27.9 Å². The van der Waals surface area contributed by atoms with Crippen molar-refractivity contribution in [2.45, 2.75) is 32.1 Å². The quantitative estimate of drug-likeness (QED) is 0.873.